The van der Waals surface area contributed by atoms with Crippen molar-refractivity contribution >= 4 is 21.6 Å². The summed E-state index contributed by atoms with van der Waals surface area (Å²) >= 11 is 5.98. The van der Waals surface area contributed by atoms with Crippen LogP contribution in [0.4, 0.5) is 0 Å². The standard InChI is InChI=1S/C13H18ClNO2S/c1-10(2)18(16,17)15-8-4-7-13(15)11-5-3-6-12(14)9-11/h3,5-6,9-10,13H,4,7-8H2,1-2H3. The van der Waals surface area contributed by atoms with Crippen molar-refractivity contribution in [3.05, 3.63) is 34.9 Å². The lowest BCUT2D eigenvalue weighted by Gasteiger charge is -2.26. The number of hydrogen-bond acceptors (Lipinski definition) is 2. The fraction of sp³-hybridized carbons (Fsp3) is 0.538. The summed E-state index contributed by atoms with van der Waals surface area (Å²) in [5.74, 6) is 0. The van der Waals surface area contributed by atoms with Crippen LogP contribution < -0.4 is 0 Å². The van der Waals surface area contributed by atoms with E-state index in [0.717, 1.165) is 18.4 Å². The van der Waals surface area contributed by atoms with Crippen LogP contribution in [0.25, 0.3) is 0 Å². The quantitative estimate of drug-likeness (QED) is 0.856. The largest absolute Gasteiger partial charge is 0.216 e. The second-order valence-corrected chi connectivity index (χ2v) is 7.80. The van der Waals surface area contributed by atoms with Gasteiger partial charge in [-0.3, -0.25) is 0 Å². The Morgan fingerprint density at radius 2 is 2.11 bits per heavy atom. The highest BCUT2D eigenvalue weighted by molar-refractivity contribution is 7.89. The highest BCUT2D eigenvalue weighted by Crippen LogP contribution is 2.36. The van der Waals surface area contributed by atoms with E-state index in [2.05, 4.69) is 0 Å². The smallest absolute Gasteiger partial charge is 0.212 e. The third-order valence-electron chi connectivity index (χ3n) is 3.36. The number of sulfonamides is 1. The summed E-state index contributed by atoms with van der Waals surface area (Å²) in [5.41, 5.74) is 0.990. The molecular weight excluding hydrogens is 270 g/mol. The Kier molecular flexibility index (Phi) is 3.99. The van der Waals surface area contributed by atoms with Crippen molar-refractivity contribution in [3.63, 3.8) is 0 Å². The fourth-order valence-corrected chi connectivity index (χ4v) is 4.07. The van der Waals surface area contributed by atoms with Crippen LogP contribution in [-0.4, -0.2) is 24.5 Å². The van der Waals surface area contributed by atoms with Crippen LogP contribution in [0, 0.1) is 0 Å². The van der Waals surface area contributed by atoms with Crippen LogP contribution in [0.3, 0.4) is 0 Å². The van der Waals surface area contributed by atoms with Crippen LogP contribution in [0.2, 0.25) is 5.02 Å². The zero-order valence-electron chi connectivity index (χ0n) is 10.6. The van der Waals surface area contributed by atoms with E-state index < -0.39 is 10.0 Å². The van der Waals surface area contributed by atoms with Crippen molar-refractivity contribution in [2.45, 2.75) is 38.0 Å². The van der Waals surface area contributed by atoms with Gasteiger partial charge in [0.2, 0.25) is 10.0 Å². The van der Waals surface area contributed by atoms with Gasteiger partial charge in [0.1, 0.15) is 0 Å². The van der Waals surface area contributed by atoms with Gasteiger partial charge in [-0.1, -0.05) is 23.7 Å². The van der Waals surface area contributed by atoms with Crippen molar-refractivity contribution in [3.8, 4) is 0 Å². The molecule has 2 rings (SSSR count). The minimum absolute atomic E-state index is 0.0592. The van der Waals surface area contributed by atoms with Gasteiger partial charge in [0, 0.05) is 17.6 Å². The van der Waals surface area contributed by atoms with E-state index in [9.17, 15) is 8.42 Å². The van der Waals surface area contributed by atoms with Crippen LogP contribution in [0.5, 0.6) is 0 Å². The Hall–Kier alpha value is -0.580. The first-order valence-electron chi connectivity index (χ1n) is 6.19. The molecule has 1 atom stereocenters. The number of rotatable bonds is 3. The Morgan fingerprint density at radius 1 is 1.39 bits per heavy atom. The molecule has 1 heterocycles. The molecule has 1 aliphatic heterocycles. The maximum atomic E-state index is 12.3. The zero-order valence-corrected chi connectivity index (χ0v) is 12.2. The summed E-state index contributed by atoms with van der Waals surface area (Å²) in [6, 6.07) is 7.43. The van der Waals surface area contributed by atoms with E-state index in [-0.39, 0.29) is 11.3 Å². The molecular formula is C13H18ClNO2S. The van der Waals surface area contributed by atoms with E-state index in [4.69, 9.17) is 11.6 Å². The summed E-state index contributed by atoms with van der Waals surface area (Å²) in [6.45, 7) is 4.06. The van der Waals surface area contributed by atoms with Crippen molar-refractivity contribution in [2.24, 2.45) is 0 Å². The second kappa shape index (κ2) is 5.19. The van der Waals surface area contributed by atoms with Gasteiger partial charge in [0.25, 0.3) is 0 Å². The van der Waals surface area contributed by atoms with E-state index >= 15 is 0 Å². The van der Waals surface area contributed by atoms with Gasteiger partial charge in [0.15, 0.2) is 0 Å². The second-order valence-electron chi connectivity index (χ2n) is 4.92. The summed E-state index contributed by atoms with van der Waals surface area (Å²) in [6.07, 6.45) is 1.77. The zero-order chi connectivity index (χ0) is 13.3. The Balaban J connectivity index is 2.34. The molecule has 18 heavy (non-hydrogen) atoms. The summed E-state index contributed by atoms with van der Waals surface area (Å²) < 4.78 is 26.2. The molecule has 0 bridgehead atoms. The van der Waals surface area contributed by atoms with Crippen molar-refractivity contribution in [1.82, 2.24) is 4.31 Å². The van der Waals surface area contributed by atoms with Crippen molar-refractivity contribution in [2.75, 3.05) is 6.54 Å². The van der Waals surface area contributed by atoms with Crippen molar-refractivity contribution in [1.29, 1.82) is 0 Å². The molecule has 0 spiro atoms. The predicted octanol–water partition coefficient (Wildman–Crippen LogP) is 3.22. The molecule has 1 unspecified atom stereocenters. The lowest BCUT2D eigenvalue weighted by atomic mass is 10.1. The summed E-state index contributed by atoms with van der Waals surface area (Å²) in [7, 11) is -3.20. The summed E-state index contributed by atoms with van der Waals surface area (Å²) in [5, 5.41) is 0.276. The first-order chi connectivity index (χ1) is 8.43. The van der Waals surface area contributed by atoms with Gasteiger partial charge in [-0.15, -0.1) is 0 Å². The van der Waals surface area contributed by atoms with Crippen LogP contribution in [0.1, 0.15) is 38.3 Å². The molecule has 0 aromatic heterocycles. The minimum Gasteiger partial charge on any atom is -0.212 e. The highest BCUT2D eigenvalue weighted by Gasteiger charge is 2.36. The Bertz CT molecular complexity index is 528. The first-order valence-corrected chi connectivity index (χ1v) is 8.07. The molecule has 0 aliphatic carbocycles. The molecule has 0 saturated carbocycles. The molecule has 0 radical (unpaired) electrons. The molecule has 0 amide bonds. The molecule has 1 aromatic carbocycles. The van der Waals surface area contributed by atoms with E-state index in [1.54, 1.807) is 24.2 Å². The molecule has 1 aromatic rings. The molecule has 0 N–H and O–H groups in total. The average Bonchev–Trinajstić information content (AvgIpc) is 2.78. The number of benzene rings is 1. The Morgan fingerprint density at radius 3 is 2.72 bits per heavy atom. The molecule has 1 aliphatic rings. The normalized spacial score (nSPS) is 21.7. The van der Waals surface area contributed by atoms with Gasteiger partial charge < -0.3 is 0 Å². The lowest BCUT2D eigenvalue weighted by molar-refractivity contribution is 0.392. The molecule has 3 nitrogen and oxygen atoms in total. The number of halogens is 1. The maximum Gasteiger partial charge on any atom is 0.216 e. The fourth-order valence-electron chi connectivity index (χ4n) is 2.36. The summed E-state index contributed by atoms with van der Waals surface area (Å²) in [4.78, 5) is 0. The SMILES string of the molecule is CC(C)S(=O)(=O)N1CCCC1c1cccc(Cl)c1. The Labute approximate surface area is 114 Å². The van der Waals surface area contributed by atoms with E-state index in [1.165, 1.54) is 0 Å². The maximum absolute atomic E-state index is 12.3. The van der Waals surface area contributed by atoms with Gasteiger partial charge in [-0.25, -0.2) is 8.42 Å². The third kappa shape index (κ3) is 2.56. The van der Waals surface area contributed by atoms with E-state index in [1.807, 2.05) is 18.2 Å². The molecule has 100 valence electrons. The molecule has 1 fully saturated rings. The minimum atomic E-state index is -3.20. The van der Waals surface area contributed by atoms with Gasteiger partial charge >= 0.3 is 0 Å². The van der Waals surface area contributed by atoms with Gasteiger partial charge in [-0.05, 0) is 44.4 Å². The van der Waals surface area contributed by atoms with Crippen LogP contribution in [0.15, 0.2) is 24.3 Å². The van der Waals surface area contributed by atoms with Crippen LogP contribution >= 0.6 is 11.6 Å². The topological polar surface area (TPSA) is 37.4 Å². The number of nitrogens with zero attached hydrogens (tertiary/aromatic N) is 1. The van der Waals surface area contributed by atoms with Gasteiger partial charge in [-0.2, -0.15) is 4.31 Å². The highest BCUT2D eigenvalue weighted by atomic mass is 35.5. The lowest BCUT2D eigenvalue weighted by Crippen LogP contribution is -2.35. The van der Waals surface area contributed by atoms with Gasteiger partial charge in [0.05, 0.1) is 5.25 Å². The van der Waals surface area contributed by atoms with Crippen molar-refractivity contribution < 1.29 is 8.42 Å². The monoisotopic (exact) mass is 287 g/mol. The predicted molar refractivity (Wildman–Crippen MR) is 74.2 cm³/mol. The molecule has 5 heteroatoms. The third-order valence-corrected chi connectivity index (χ3v) is 5.88. The number of hydrogen-bond donors (Lipinski definition) is 0. The average molecular weight is 288 g/mol. The molecule has 1 saturated heterocycles. The van der Waals surface area contributed by atoms with E-state index in [0.29, 0.717) is 11.6 Å². The van der Waals surface area contributed by atoms with Crippen LogP contribution in [-0.2, 0) is 10.0 Å². The first kappa shape index (κ1) is 13.8.